The van der Waals surface area contributed by atoms with Gasteiger partial charge in [0.15, 0.2) is 11.5 Å². The SMILES string of the molecule is CCCC1CCC(c2ccc(C3CCC4CC(COc5ccc(OCC)c(F)c5F)CCC4C3)cc2)CC1. The highest BCUT2D eigenvalue weighted by atomic mass is 19.2. The molecule has 0 bridgehead atoms. The maximum atomic E-state index is 14.4. The van der Waals surface area contributed by atoms with Gasteiger partial charge in [-0.25, -0.2) is 0 Å². The van der Waals surface area contributed by atoms with Gasteiger partial charge in [0.1, 0.15) is 0 Å². The topological polar surface area (TPSA) is 18.5 Å². The summed E-state index contributed by atoms with van der Waals surface area (Å²) in [7, 11) is 0. The van der Waals surface area contributed by atoms with Crippen LogP contribution >= 0.6 is 0 Å². The van der Waals surface area contributed by atoms with E-state index in [1.54, 1.807) is 12.5 Å². The van der Waals surface area contributed by atoms with E-state index < -0.39 is 11.6 Å². The monoisotopic (exact) mass is 524 g/mol. The molecule has 3 aliphatic rings. The standard InChI is InChI=1S/C34H46F2O2/c1-3-5-23-6-9-25(10-7-23)26-12-14-27(15-13-26)29-17-16-28-20-24(8-11-30(28)21-29)22-38-32-19-18-31(37-4-2)33(35)34(32)36/h12-15,18-19,23-25,28-30H,3-11,16-17,20-22H2,1-2H3. The zero-order valence-electron chi connectivity index (χ0n) is 23.4. The van der Waals surface area contributed by atoms with Crippen LogP contribution in [-0.2, 0) is 0 Å². The molecular formula is C34H46F2O2. The third kappa shape index (κ3) is 6.37. The Morgan fingerprint density at radius 1 is 0.632 bits per heavy atom. The fourth-order valence-corrected chi connectivity index (χ4v) is 7.77. The van der Waals surface area contributed by atoms with Crippen molar-refractivity contribution in [3.63, 3.8) is 0 Å². The molecule has 2 nitrogen and oxygen atoms in total. The minimum atomic E-state index is -0.959. The lowest BCUT2D eigenvalue weighted by atomic mass is 9.64. The lowest BCUT2D eigenvalue weighted by Gasteiger charge is -2.42. The highest BCUT2D eigenvalue weighted by molar-refractivity contribution is 5.35. The number of hydrogen-bond acceptors (Lipinski definition) is 2. The van der Waals surface area contributed by atoms with Crippen LogP contribution in [-0.4, -0.2) is 13.2 Å². The van der Waals surface area contributed by atoms with Gasteiger partial charge in [-0.1, -0.05) is 44.0 Å². The first-order valence-electron chi connectivity index (χ1n) is 15.4. The zero-order chi connectivity index (χ0) is 26.5. The Hall–Kier alpha value is -2.10. The van der Waals surface area contributed by atoms with Gasteiger partial charge >= 0.3 is 0 Å². The van der Waals surface area contributed by atoms with Crippen molar-refractivity contribution in [3.8, 4) is 11.5 Å². The first-order chi connectivity index (χ1) is 18.6. The molecule has 4 unspecified atom stereocenters. The second-order valence-electron chi connectivity index (χ2n) is 12.3. The van der Waals surface area contributed by atoms with E-state index in [-0.39, 0.29) is 11.5 Å². The fourth-order valence-electron chi connectivity index (χ4n) is 7.77. The molecule has 0 aliphatic heterocycles. The normalized spacial score (nSPS) is 29.5. The van der Waals surface area contributed by atoms with E-state index in [4.69, 9.17) is 9.47 Å². The van der Waals surface area contributed by atoms with Gasteiger partial charge in [0.05, 0.1) is 13.2 Å². The average molecular weight is 525 g/mol. The van der Waals surface area contributed by atoms with Gasteiger partial charge in [-0.15, -0.1) is 0 Å². The highest BCUT2D eigenvalue weighted by Gasteiger charge is 2.36. The van der Waals surface area contributed by atoms with Crippen molar-refractivity contribution in [2.24, 2.45) is 23.7 Å². The lowest BCUT2D eigenvalue weighted by Crippen LogP contribution is -2.32. The van der Waals surface area contributed by atoms with E-state index in [1.165, 1.54) is 81.9 Å². The molecule has 0 amide bonds. The summed E-state index contributed by atoms with van der Waals surface area (Å²) in [6.07, 6.45) is 15.5. The minimum Gasteiger partial charge on any atom is -0.491 e. The first-order valence-corrected chi connectivity index (χ1v) is 15.4. The molecule has 5 rings (SSSR count). The molecule has 0 spiro atoms. The first kappa shape index (κ1) is 27.5. The van der Waals surface area contributed by atoms with Crippen LogP contribution in [0.5, 0.6) is 11.5 Å². The maximum absolute atomic E-state index is 14.4. The molecule has 0 heterocycles. The average Bonchev–Trinajstić information content (AvgIpc) is 2.95. The Kier molecular flexibility index (Phi) is 9.28. The van der Waals surface area contributed by atoms with Crippen LogP contribution in [0.2, 0.25) is 0 Å². The van der Waals surface area contributed by atoms with Gasteiger partial charge in [0.2, 0.25) is 11.6 Å². The summed E-state index contributed by atoms with van der Waals surface area (Å²) in [5.41, 5.74) is 3.09. The Balaban J connectivity index is 1.09. The summed E-state index contributed by atoms with van der Waals surface area (Å²) in [4.78, 5) is 0. The van der Waals surface area contributed by atoms with E-state index in [1.807, 2.05) is 0 Å². The van der Waals surface area contributed by atoms with Crippen molar-refractivity contribution in [3.05, 3.63) is 59.2 Å². The molecule has 3 aliphatic carbocycles. The van der Waals surface area contributed by atoms with Gasteiger partial charge in [-0.2, -0.15) is 8.78 Å². The van der Waals surface area contributed by atoms with Crippen LogP contribution in [0, 0.1) is 35.3 Å². The Morgan fingerprint density at radius 3 is 1.84 bits per heavy atom. The summed E-state index contributed by atoms with van der Waals surface area (Å²) >= 11 is 0. The minimum absolute atomic E-state index is 0.00534. The second kappa shape index (κ2) is 12.8. The Labute approximate surface area is 228 Å². The molecule has 0 aromatic heterocycles. The molecule has 0 radical (unpaired) electrons. The smallest absolute Gasteiger partial charge is 0.204 e. The predicted molar refractivity (Wildman–Crippen MR) is 150 cm³/mol. The van der Waals surface area contributed by atoms with Gasteiger partial charge in [0, 0.05) is 0 Å². The fraction of sp³-hybridized carbons (Fsp3) is 0.647. The molecule has 4 heteroatoms. The third-order valence-electron chi connectivity index (χ3n) is 9.93. The van der Waals surface area contributed by atoms with Crippen LogP contribution in [0.4, 0.5) is 8.78 Å². The lowest BCUT2D eigenvalue weighted by molar-refractivity contribution is 0.0901. The summed E-state index contributed by atoms with van der Waals surface area (Å²) < 4.78 is 39.5. The second-order valence-corrected chi connectivity index (χ2v) is 12.3. The van der Waals surface area contributed by atoms with E-state index >= 15 is 0 Å². The third-order valence-corrected chi connectivity index (χ3v) is 9.93. The van der Waals surface area contributed by atoms with Gasteiger partial charge in [0.25, 0.3) is 0 Å². The molecule has 3 saturated carbocycles. The van der Waals surface area contributed by atoms with Crippen molar-refractivity contribution >= 4 is 0 Å². The molecule has 4 atom stereocenters. The van der Waals surface area contributed by atoms with Crippen molar-refractivity contribution in [2.45, 2.75) is 103 Å². The van der Waals surface area contributed by atoms with Gasteiger partial charge in [-0.05, 0) is 130 Å². The number of halogens is 2. The molecule has 0 N–H and O–H groups in total. The molecule has 3 fully saturated rings. The van der Waals surface area contributed by atoms with Crippen LogP contribution < -0.4 is 9.47 Å². The van der Waals surface area contributed by atoms with Crippen molar-refractivity contribution in [2.75, 3.05) is 13.2 Å². The zero-order valence-corrected chi connectivity index (χ0v) is 23.4. The molecule has 0 saturated heterocycles. The number of fused-ring (bicyclic) bond motifs is 1. The number of benzene rings is 2. The van der Waals surface area contributed by atoms with E-state index in [0.717, 1.165) is 36.5 Å². The van der Waals surface area contributed by atoms with Crippen LogP contribution in [0.15, 0.2) is 36.4 Å². The van der Waals surface area contributed by atoms with Gasteiger partial charge < -0.3 is 9.47 Å². The van der Waals surface area contributed by atoms with Crippen molar-refractivity contribution in [1.29, 1.82) is 0 Å². The molecular weight excluding hydrogens is 478 g/mol. The molecule has 38 heavy (non-hydrogen) atoms. The van der Waals surface area contributed by atoms with E-state index in [9.17, 15) is 8.78 Å². The van der Waals surface area contributed by atoms with Crippen LogP contribution in [0.1, 0.15) is 114 Å². The predicted octanol–water partition coefficient (Wildman–Crippen LogP) is 9.82. The van der Waals surface area contributed by atoms with Crippen molar-refractivity contribution < 1.29 is 18.3 Å². The van der Waals surface area contributed by atoms with Crippen LogP contribution in [0.25, 0.3) is 0 Å². The van der Waals surface area contributed by atoms with Crippen molar-refractivity contribution in [1.82, 2.24) is 0 Å². The summed E-state index contributed by atoms with van der Waals surface area (Å²) in [5.74, 6) is 2.35. The summed E-state index contributed by atoms with van der Waals surface area (Å²) in [5, 5.41) is 0. The number of ether oxygens (including phenoxy) is 2. The highest BCUT2D eigenvalue weighted by Crippen LogP contribution is 2.48. The number of rotatable bonds is 9. The summed E-state index contributed by atoms with van der Waals surface area (Å²) in [6.45, 7) is 4.82. The molecule has 2 aromatic rings. The molecule has 2 aromatic carbocycles. The van der Waals surface area contributed by atoms with Gasteiger partial charge in [-0.3, -0.25) is 0 Å². The maximum Gasteiger partial charge on any atom is 0.204 e. The van der Waals surface area contributed by atoms with Crippen LogP contribution in [0.3, 0.4) is 0 Å². The number of hydrogen-bond donors (Lipinski definition) is 0. The largest absolute Gasteiger partial charge is 0.491 e. The summed E-state index contributed by atoms with van der Waals surface area (Å²) in [6, 6.07) is 12.7. The Bertz CT molecular complexity index is 1030. The molecule has 208 valence electrons. The quantitative estimate of drug-likeness (QED) is 0.325. The Morgan fingerprint density at radius 2 is 1.18 bits per heavy atom. The van der Waals surface area contributed by atoms with E-state index in [0.29, 0.717) is 25.0 Å². The van der Waals surface area contributed by atoms with E-state index in [2.05, 4.69) is 31.2 Å².